The smallest absolute Gasteiger partial charge is 0.0309 e. The van der Waals surface area contributed by atoms with Crippen molar-refractivity contribution < 1.29 is 0 Å². The third-order valence-electron chi connectivity index (χ3n) is 7.73. The van der Waals surface area contributed by atoms with Crippen molar-refractivity contribution >= 4 is 0 Å². The SMILES string of the molecule is CC(C)C1CNC2(CCCC2)CN1CC1C(C)(C)C1(C)C. The molecule has 1 heterocycles. The molecule has 0 bridgehead atoms. The van der Waals surface area contributed by atoms with Gasteiger partial charge in [0.2, 0.25) is 0 Å². The van der Waals surface area contributed by atoms with E-state index in [0.29, 0.717) is 16.4 Å². The molecule has 3 aliphatic rings. The van der Waals surface area contributed by atoms with Crippen LogP contribution in [0.15, 0.2) is 0 Å². The molecule has 3 fully saturated rings. The molecule has 0 aromatic carbocycles. The molecule has 1 saturated heterocycles. The topological polar surface area (TPSA) is 15.3 Å². The highest BCUT2D eigenvalue weighted by Gasteiger charge is 2.65. The van der Waals surface area contributed by atoms with Crippen molar-refractivity contribution in [3.8, 4) is 0 Å². The van der Waals surface area contributed by atoms with Crippen molar-refractivity contribution in [2.75, 3.05) is 19.6 Å². The Labute approximate surface area is 132 Å². The first-order chi connectivity index (χ1) is 9.70. The van der Waals surface area contributed by atoms with Crippen LogP contribution < -0.4 is 5.32 Å². The maximum absolute atomic E-state index is 3.95. The van der Waals surface area contributed by atoms with Gasteiger partial charge in [-0.1, -0.05) is 54.4 Å². The van der Waals surface area contributed by atoms with E-state index in [2.05, 4.69) is 51.8 Å². The second kappa shape index (κ2) is 4.96. The van der Waals surface area contributed by atoms with Gasteiger partial charge in [-0.25, -0.2) is 0 Å². The lowest BCUT2D eigenvalue weighted by Gasteiger charge is -2.48. The van der Waals surface area contributed by atoms with Crippen molar-refractivity contribution in [3.63, 3.8) is 0 Å². The van der Waals surface area contributed by atoms with Gasteiger partial charge in [0.25, 0.3) is 0 Å². The number of hydrogen-bond donors (Lipinski definition) is 1. The fourth-order valence-corrected chi connectivity index (χ4v) is 5.28. The molecule has 2 heteroatoms. The molecule has 0 amide bonds. The van der Waals surface area contributed by atoms with E-state index in [-0.39, 0.29) is 0 Å². The molecule has 2 aliphatic carbocycles. The zero-order chi connectivity index (χ0) is 15.5. The molecule has 21 heavy (non-hydrogen) atoms. The van der Waals surface area contributed by atoms with E-state index in [1.165, 1.54) is 45.3 Å². The fourth-order valence-electron chi connectivity index (χ4n) is 5.28. The van der Waals surface area contributed by atoms with Gasteiger partial charge < -0.3 is 5.32 Å². The average Bonchev–Trinajstić information content (AvgIpc) is 2.73. The van der Waals surface area contributed by atoms with Crippen molar-refractivity contribution in [2.24, 2.45) is 22.7 Å². The van der Waals surface area contributed by atoms with Crippen LogP contribution in [0.25, 0.3) is 0 Å². The first kappa shape index (κ1) is 15.8. The van der Waals surface area contributed by atoms with Crippen LogP contribution in [0.2, 0.25) is 0 Å². The van der Waals surface area contributed by atoms with Crippen LogP contribution in [0, 0.1) is 22.7 Å². The molecule has 1 N–H and O–H groups in total. The van der Waals surface area contributed by atoms with E-state index in [0.717, 1.165) is 17.9 Å². The van der Waals surface area contributed by atoms with E-state index in [1.807, 2.05) is 0 Å². The van der Waals surface area contributed by atoms with Crippen LogP contribution in [-0.4, -0.2) is 36.1 Å². The van der Waals surface area contributed by atoms with Crippen LogP contribution >= 0.6 is 0 Å². The monoisotopic (exact) mass is 292 g/mol. The summed E-state index contributed by atoms with van der Waals surface area (Å²) in [5, 5.41) is 3.95. The largest absolute Gasteiger partial charge is 0.308 e. The van der Waals surface area contributed by atoms with Crippen LogP contribution in [0.3, 0.4) is 0 Å². The summed E-state index contributed by atoms with van der Waals surface area (Å²) in [5.74, 6) is 1.61. The molecule has 122 valence electrons. The first-order valence-corrected chi connectivity index (χ1v) is 9.19. The second-order valence-corrected chi connectivity index (χ2v) is 9.61. The lowest BCUT2D eigenvalue weighted by atomic mass is 9.88. The average molecular weight is 293 g/mol. The Kier molecular flexibility index (Phi) is 3.73. The van der Waals surface area contributed by atoms with Crippen LogP contribution in [0.1, 0.15) is 67.2 Å². The third-order valence-corrected chi connectivity index (χ3v) is 7.73. The van der Waals surface area contributed by atoms with E-state index >= 15 is 0 Å². The fraction of sp³-hybridized carbons (Fsp3) is 1.00. The van der Waals surface area contributed by atoms with Gasteiger partial charge in [0.15, 0.2) is 0 Å². The van der Waals surface area contributed by atoms with E-state index in [1.54, 1.807) is 0 Å². The molecule has 0 aromatic rings. The maximum atomic E-state index is 3.95. The van der Waals surface area contributed by atoms with Crippen molar-refractivity contribution in [1.82, 2.24) is 10.2 Å². The minimum Gasteiger partial charge on any atom is -0.308 e. The summed E-state index contributed by atoms with van der Waals surface area (Å²) in [6.45, 7) is 18.5. The molecule has 2 nitrogen and oxygen atoms in total. The minimum absolute atomic E-state index is 0.453. The Balaban J connectivity index is 1.73. The molecule has 1 unspecified atom stereocenters. The Morgan fingerprint density at radius 1 is 1.05 bits per heavy atom. The highest BCUT2D eigenvalue weighted by molar-refractivity contribution is 5.14. The predicted molar refractivity (Wildman–Crippen MR) is 90.5 cm³/mol. The Morgan fingerprint density at radius 3 is 2.10 bits per heavy atom. The van der Waals surface area contributed by atoms with Gasteiger partial charge in [-0.15, -0.1) is 0 Å². The van der Waals surface area contributed by atoms with Gasteiger partial charge >= 0.3 is 0 Å². The highest BCUT2D eigenvalue weighted by Crippen LogP contribution is 2.68. The molecule has 1 spiro atoms. The molecule has 1 atom stereocenters. The highest BCUT2D eigenvalue weighted by atomic mass is 15.3. The van der Waals surface area contributed by atoms with E-state index < -0.39 is 0 Å². The second-order valence-electron chi connectivity index (χ2n) is 9.61. The molecular weight excluding hydrogens is 256 g/mol. The summed E-state index contributed by atoms with van der Waals surface area (Å²) in [7, 11) is 0. The van der Waals surface area contributed by atoms with Gasteiger partial charge in [-0.2, -0.15) is 0 Å². The summed E-state index contributed by atoms with van der Waals surface area (Å²) < 4.78 is 0. The summed E-state index contributed by atoms with van der Waals surface area (Å²) in [6.07, 6.45) is 5.64. The number of nitrogens with zero attached hydrogens (tertiary/aromatic N) is 1. The van der Waals surface area contributed by atoms with Gasteiger partial charge in [0.05, 0.1) is 0 Å². The molecule has 1 aliphatic heterocycles. The van der Waals surface area contributed by atoms with Gasteiger partial charge in [0.1, 0.15) is 0 Å². The lowest BCUT2D eigenvalue weighted by Crippen LogP contribution is -2.64. The first-order valence-electron chi connectivity index (χ1n) is 9.19. The number of piperazine rings is 1. The van der Waals surface area contributed by atoms with Crippen molar-refractivity contribution in [2.45, 2.75) is 78.8 Å². The van der Waals surface area contributed by atoms with Crippen LogP contribution in [0.5, 0.6) is 0 Å². The summed E-state index contributed by atoms with van der Waals surface area (Å²) in [4.78, 5) is 2.87. The number of hydrogen-bond acceptors (Lipinski definition) is 2. The summed E-state index contributed by atoms with van der Waals surface area (Å²) in [6, 6.07) is 0.725. The number of rotatable bonds is 3. The maximum Gasteiger partial charge on any atom is 0.0309 e. The normalized spacial score (nSPS) is 34.7. The Morgan fingerprint density at radius 2 is 1.62 bits per heavy atom. The molecular formula is C19H36N2. The number of nitrogens with one attached hydrogen (secondary N) is 1. The summed E-state index contributed by atoms with van der Waals surface area (Å²) >= 11 is 0. The van der Waals surface area contributed by atoms with Crippen molar-refractivity contribution in [3.05, 3.63) is 0 Å². The lowest BCUT2D eigenvalue weighted by molar-refractivity contribution is 0.0489. The molecule has 0 aromatic heterocycles. The standard InChI is InChI=1S/C19H36N2/c1-14(2)15-11-20-19(9-7-8-10-19)13-21(15)12-16-17(3,4)18(16,5)6/h14-16,20H,7-13H2,1-6H3. The molecule has 2 saturated carbocycles. The zero-order valence-corrected chi connectivity index (χ0v) is 15.1. The summed E-state index contributed by atoms with van der Waals surface area (Å²) in [5.41, 5.74) is 1.49. The van der Waals surface area contributed by atoms with Gasteiger partial charge in [-0.3, -0.25) is 4.90 Å². The molecule has 0 radical (unpaired) electrons. The van der Waals surface area contributed by atoms with Gasteiger partial charge in [-0.05, 0) is 35.5 Å². The third kappa shape index (κ3) is 2.47. The van der Waals surface area contributed by atoms with Crippen LogP contribution in [-0.2, 0) is 0 Å². The predicted octanol–water partition coefficient (Wildman–Crippen LogP) is 3.91. The Bertz CT molecular complexity index is 376. The Hall–Kier alpha value is -0.0800. The zero-order valence-electron chi connectivity index (χ0n) is 15.1. The minimum atomic E-state index is 0.453. The van der Waals surface area contributed by atoms with E-state index in [4.69, 9.17) is 0 Å². The quantitative estimate of drug-likeness (QED) is 0.848. The van der Waals surface area contributed by atoms with Crippen LogP contribution in [0.4, 0.5) is 0 Å². The van der Waals surface area contributed by atoms with E-state index in [9.17, 15) is 0 Å². The van der Waals surface area contributed by atoms with Gasteiger partial charge in [0, 0.05) is 31.2 Å². The van der Waals surface area contributed by atoms with Crippen molar-refractivity contribution in [1.29, 1.82) is 0 Å². The molecule has 3 rings (SSSR count).